The second-order valence-corrected chi connectivity index (χ2v) is 4.02. The summed E-state index contributed by atoms with van der Waals surface area (Å²) in [7, 11) is 0. The third kappa shape index (κ3) is 3.52. The zero-order valence-electron chi connectivity index (χ0n) is 8.14. The van der Waals surface area contributed by atoms with Crippen molar-refractivity contribution >= 4 is 16.9 Å². The molecule has 1 aromatic carbocycles. The summed E-state index contributed by atoms with van der Waals surface area (Å²) in [6.45, 7) is 1.90. The Bertz CT molecular complexity index is 285. The Hall–Kier alpha value is -0.800. The fraction of sp³-hybridized carbons (Fsp3) is 0.364. The van der Waals surface area contributed by atoms with E-state index in [1.165, 1.54) is 11.8 Å². The van der Waals surface area contributed by atoms with Crippen LogP contribution in [0.2, 0.25) is 0 Å². The minimum atomic E-state index is -0.382. The van der Waals surface area contributed by atoms with Crippen molar-refractivity contribution in [2.24, 2.45) is 0 Å². The van der Waals surface area contributed by atoms with E-state index in [1.807, 2.05) is 25.1 Å². The normalized spacial score (nSPS) is 12.4. The Morgan fingerprint density at radius 1 is 1.43 bits per heavy atom. The van der Waals surface area contributed by atoms with E-state index in [4.69, 9.17) is 0 Å². The van der Waals surface area contributed by atoms with E-state index in [-0.39, 0.29) is 11.2 Å². The molecule has 0 saturated carbocycles. The molecule has 0 aliphatic heterocycles. The predicted octanol–water partition coefficient (Wildman–Crippen LogP) is 2.33. The molecule has 1 N–H and O–H groups in total. The molecule has 0 heterocycles. The number of hydrogen-bond acceptors (Lipinski definition) is 3. The smallest absolute Gasteiger partial charge is 0.219 e. The summed E-state index contributed by atoms with van der Waals surface area (Å²) < 4.78 is 0. The van der Waals surface area contributed by atoms with Crippen LogP contribution in [-0.2, 0) is 0 Å². The molecule has 1 aromatic rings. The highest BCUT2D eigenvalue weighted by atomic mass is 32.2. The molecule has 0 amide bonds. The number of hydrogen-bond donors (Lipinski definition) is 1. The Morgan fingerprint density at radius 3 is 2.64 bits per heavy atom. The number of rotatable bonds is 4. The first-order valence-electron chi connectivity index (χ1n) is 4.64. The lowest BCUT2D eigenvalue weighted by molar-refractivity contribution is 0.108. The molecule has 0 aromatic heterocycles. The third-order valence-electron chi connectivity index (χ3n) is 1.89. The minimum Gasteiger partial charge on any atom is -0.392 e. The summed E-state index contributed by atoms with van der Waals surface area (Å²) in [6.07, 6.45) is 0.308. The highest BCUT2D eigenvalue weighted by molar-refractivity contribution is 8.14. The van der Waals surface area contributed by atoms with Crippen molar-refractivity contribution in [2.45, 2.75) is 19.4 Å². The van der Waals surface area contributed by atoms with Crippen molar-refractivity contribution in [1.29, 1.82) is 0 Å². The van der Waals surface area contributed by atoms with Crippen LogP contribution in [0, 0.1) is 0 Å². The van der Waals surface area contributed by atoms with E-state index in [0.717, 1.165) is 0 Å². The fourth-order valence-electron chi connectivity index (χ4n) is 0.947. The summed E-state index contributed by atoms with van der Waals surface area (Å²) >= 11 is 1.17. The van der Waals surface area contributed by atoms with Gasteiger partial charge in [-0.25, -0.2) is 0 Å². The highest BCUT2D eigenvalue weighted by Gasteiger charge is 2.08. The van der Waals surface area contributed by atoms with E-state index in [2.05, 4.69) is 0 Å². The summed E-state index contributed by atoms with van der Waals surface area (Å²) in [6, 6.07) is 9.12. The molecule has 1 unspecified atom stereocenters. The maximum Gasteiger partial charge on any atom is 0.219 e. The van der Waals surface area contributed by atoms with E-state index in [9.17, 15) is 9.90 Å². The first-order valence-corrected chi connectivity index (χ1v) is 5.63. The van der Waals surface area contributed by atoms with Gasteiger partial charge in [0.2, 0.25) is 5.12 Å². The van der Waals surface area contributed by atoms with Crippen LogP contribution in [0.1, 0.15) is 23.7 Å². The van der Waals surface area contributed by atoms with Crippen molar-refractivity contribution in [3.05, 3.63) is 35.9 Å². The second-order valence-electron chi connectivity index (χ2n) is 3.03. The van der Waals surface area contributed by atoms with Gasteiger partial charge in [0.25, 0.3) is 0 Å². The lowest BCUT2D eigenvalue weighted by Gasteiger charge is -2.05. The molecule has 14 heavy (non-hydrogen) atoms. The van der Waals surface area contributed by atoms with Crippen LogP contribution in [0.3, 0.4) is 0 Å². The molecule has 0 bridgehead atoms. The first kappa shape index (κ1) is 11.3. The van der Waals surface area contributed by atoms with Gasteiger partial charge < -0.3 is 5.11 Å². The molecule has 2 nitrogen and oxygen atoms in total. The molecule has 1 atom stereocenters. The van der Waals surface area contributed by atoms with Gasteiger partial charge in [-0.15, -0.1) is 0 Å². The zero-order valence-corrected chi connectivity index (χ0v) is 8.96. The molecule has 0 fully saturated rings. The molecule has 0 spiro atoms. The molecule has 1 rings (SSSR count). The van der Waals surface area contributed by atoms with Gasteiger partial charge in [-0.05, 0) is 6.42 Å². The van der Waals surface area contributed by atoms with Crippen LogP contribution < -0.4 is 0 Å². The van der Waals surface area contributed by atoms with Crippen molar-refractivity contribution in [1.82, 2.24) is 0 Å². The topological polar surface area (TPSA) is 37.3 Å². The van der Waals surface area contributed by atoms with Crippen molar-refractivity contribution < 1.29 is 9.90 Å². The second kappa shape index (κ2) is 5.83. The van der Waals surface area contributed by atoms with E-state index in [1.54, 1.807) is 12.1 Å². The Labute approximate surface area is 88.3 Å². The molecule has 0 aliphatic carbocycles. The predicted molar refractivity (Wildman–Crippen MR) is 59.5 cm³/mol. The highest BCUT2D eigenvalue weighted by Crippen LogP contribution is 2.13. The zero-order chi connectivity index (χ0) is 10.4. The summed E-state index contributed by atoms with van der Waals surface area (Å²) in [5.41, 5.74) is 0.695. The van der Waals surface area contributed by atoms with Crippen LogP contribution >= 0.6 is 11.8 Å². The fourth-order valence-corrected chi connectivity index (χ4v) is 1.83. The van der Waals surface area contributed by atoms with Gasteiger partial charge in [-0.2, -0.15) is 0 Å². The van der Waals surface area contributed by atoms with Crippen molar-refractivity contribution in [3.63, 3.8) is 0 Å². The number of carbonyl (C=O) groups excluding carboxylic acids is 1. The van der Waals surface area contributed by atoms with Gasteiger partial charge in [0.15, 0.2) is 0 Å². The van der Waals surface area contributed by atoms with Gasteiger partial charge in [-0.1, -0.05) is 49.0 Å². The molecular weight excluding hydrogens is 196 g/mol. The van der Waals surface area contributed by atoms with Crippen LogP contribution in [0.4, 0.5) is 0 Å². The van der Waals surface area contributed by atoms with E-state index in [0.29, 0.717) is 17.7 Å². The largest absolute Gasteiger partial charge is 0.392 e. The Balaban J connectivity index is 2.44. The first-order chi connectivity index (χ1) is 6.74. The molecule has 0 radical (unpaired) electrons. The standard InChI is InChI=1S/C11H14O2S/c1-2-10(12)8-14-11(13)9-6-4-3-5-7-9/h3-7,10,12H,2,8H2,1H3. The van der Waals surface area contributed by atoms with Crippen LogP contribution in [0.15, 0.2) is 30.3 Å². The van der Waals surface area contributed by atoms with E-state index >= 15 is 0 Å². The van der Waals surface area contributed by atoms with Gasteiger partial charge in [0.1, 0.15) is 0 Å². The molecule has 0 aliphatic rings. The van der Waals surface area contributed by atoms with E-state index < -0.39 is 0 Å². The number of aliphatic hydroxyl groups excluding tert-OH is 1. The number of carbonyl (C=O) groups is 1. The Kier molecular flexibility index (Phi) is 4.70. The lowest BCUT2D eigenvalue weighted by atomic mass is 10.2. The van der Waals surface area contributed by atoms with Crippen LogP contribution in [0.5, 0.6) is 0 Å². The van der Waals surface area contributed by atoms with Crippen LogP contribution in [0.25, 0.3) is 0 Å². The van der Waals surface area contributed by atoms with Crippen LogP contribution in [-0.4, -0.2) is 22.1 Å². The van der Waals surface area contributed by atoms with Crippen molar-refractivity contribution in [2.75, 3.05) is 5.75 Å². The Morgan fingerprint density at radius 2 is 2.07 bits per heavy atom. The van der Waals surface area contributed by atoms with Gasteiger partial charge >= 0.3 is 0 Å². The SMILES string of the molecule is CCC(O)CSC(=O)c1ccccc1. The maximum atomic E-state index is 11.5. The maximum absolute atomic E-state index is 11.5. The monoisotopic (exact) mass is 210 g/mol. The summed E-state index contributed by atoms with van der Waals surface area (Å²) in [5, 5.41) is 9.31. The van der Waals surface area contributed by atoms with Gasteiger partial charge in [0, 0.05) is 11.3 Å². The molecule has 3 heteroatoms. The minimum absolute atomic E-state index is 0.0260. The third-order valence-corrected chi connectivity index (χ3v) is 2.94. The van der Waals surface area contributed by atoms with Crippen molar-refractivity contribution in [3.8, 4) is 0 Å². The number of thioether (sulfide) groups is 1. The molecule has 76 valence electrons. The van der Waals surface area contributed by atoms with Gasteiger partial charge in [-0.3, -0.25) is 4.79 Å². The average molecular weight is 210 g/mol. The number of benzene rings is 1. The molecular formula is C11H14O2S. The quantitative estimate of drug-likeness (QED) is 0.828. The molecule has 0 saturated heterocycles. The van der Waals surface area contributed by atoms with Gasteiger partial charge in [0.05, 0.1) is 6.10 Å². The number of aliphatic hydroxyl groups is 1. The summed E-state index contributed by atoms with van der Waals surface area (Å²) in [5.74, 6) is 0.476. The average Bonchev–Trinajstić information content (AvgIpc) is 2.26. The lowest BCUT2D eigenvalue weighted by Crippen LogP contribution is -2.09. The summed E-state index contributed by atoms with van der Waals surface area (Å²) in [4.78, 5) is 11.5.